The van der Waals surface area contributed by atoms with Crippen LogP contribution in [0.15, 0.2) is 52.9 Å². The number of fused-ring (bicyclic) bond motifs is 1. The number of thioether (sulfide) groups is 1. The SMILES string of the molecule is O=C(Nc1nnc(SCc2ccccc2F)s1)c1sc2ccccc2c1Cl. The number of amides is 1. The first-order valence-electron chi connectivity index (χ1n) is 7.80. The number of hydrogen-bond donors (Lipinski definition) is 1. The Morgan fingerprint density at radius 2 is 1.89 bits per heavy atom. The minimum atomic E-state index is -0.317. The lowest BCUT2D eigenvalue weighted by atomic mass is 10.2. The van der Waals surface area contributed by atoms with Gasteiger partial charge in [-0.2, -0.15) is 0 Å². The minimum absolute atomic E-state index is 0.248. The molecule has 0 radical (unpaired) electrons. The van der Waals surface area contributed by atoms with Gasteiger partial charge >= 0.3 is 0 Å². The Balaban J connectivity index is 1.45. The topological polar surface area (TPSA) is 54.9 Å². The van der Waals surface area contributed by atoms with Crippen LogP contribution in [0.1, 0.15) is 15.2 Å². The molecule has 9 heteroatoms. The molecule has 2 aromatic heterocycles. The average molecular weight is 436 g/mol. The fourth-order valence-corrected chi connectivity index (χ4v) is 5.53. The maximum atomic E-state index is 13.7. The summed E-state index contributed by atoms with van der Waals surface area (Å²) in [4.78, 5) is 13.0. The lowest BCUT2D eigenvalue weighted by Gasteiger charge is -2.00. The van der Waals surface area contributed by atoms with Gasteiger partial charge in [-0.1, -0.05) is 71.1 Å². The molecule has 0 atom stereocenters. The molecule has 0 aliphatic heterocycles. The Morgan fingerprint density at radius 3 is 2.70 bits per heavy atom. The van der Waals surface area contributed by atoms with Crippen molar-refractivity contribution in [2.75, 3.05) is 5.32 Å². The zero-order valence-electron chi connectivity index (χ0n) is 13.6. The molecule has 0 spiro atoms. The quantitative estimate of drug-likeness (QED) is 0.304. The first-order chi connectivity index (χ1) is 13.1. The van der Waals surface area contributed by atoms with Crippen molar-refractivity contribution >= 4 is 67.2 Å². The van der Waals surface area contributed by atoms with Crippen molar-refractivity contribution in [2.24, 2.45) is 0 Å². The van der Waals surface area contributed by atoms with Crippen LogP contribution in [0.5, 0.6) is 0 Å². The highest BCUT2D eigenvalue weighted by molar-refractivity contribution is 8.00. The third kappa shape index (κ3) is 3.98. The zero-order valence-corrected chi connectivity index (χ0v) is 16.8. The van der Waals surface area contributed by atoms with Gasteiger partial charge in [0, 0.05) is 15.8 Å². The molecule has 0 bridgehead atoms. The molecule has 1 N–H and O–H groups in total. The molecule has 2 heterocycles. The predicted octanol–water partition coefficient (Wildman–Crippen LogP) is 6.09. The fourth-order valence-electron chi connectivity index (χ4n) is 2.39. The second-order valence-electron chi connectivity index (χ2n) is 5.45. The van der Waals surface area contributed by atoms with Crippen LogP contribution < -0.4 is 5.32 Å². The van der Waals surface area contributed by atoms with Crippen molar-refractivity contribution < 1.29 is 9.18 Å². The van der Waals surface area contributed by atoms with Crippen LogP contribution >= 0.6 is 46.0 Å². The first-order valence-corrected chi connectivity index (χ1v) is 10.8. The van der Waals surface area contributed by atoms with E-state index in [2.05, 4.69) is 15.5 Å². The Kier molecular flexibility index (Phi) is 5.40. The summed E-state index contributed by atoms with van der Waals surface area (Å²) in [5.74, 6) is -0.123. The van der Waals surface area contributed by atoms with Gasteiger partial charge < -0.3 is 0 Å². The molecule has 4 rings (SSSR count). The fraction of sp³-hybridized carbons (Fsp3) is 0.0556. The summed E-state index contributed by atoms with van der Waals surface area (Å²) in [6.45, 7) is 0. The molecule has 27 heavy (non-hydrogen) atoms. The number of rotatable bonds is 5. The van der Waals surface area contributed by atoms with Gasteiger partial charge in [-0.25, -0.2) is 4.39 Å². The number of hydrogen-bond acceptors (Lipinski definition) is 6. The van der Waals surface area contributed by atoms with E-state index >= 15 is 0 Å². The van der Waals surface area contributed by atoms with E-state index < -0.39 is 0 Å². The normalized spacial score (nSPS) is 11.0. The van der Waals surface area contributed by atoms with E-state index in [1.165, 1.54) is 40.5 Å². The Hall–Kier alpha value is -2.00. The number of benzene rings is 2. The van der Waals surface area contributed by atoms with Gasteiger partial charge in [0.05, 0.1) is 5.02 Å². The summed E-state index contributed by atoms with van der Waals surface area (Å²) in [5.41, 5.74) is 0.598. The third-order valence-corrected chi connectivity index (χ3v) is 7.37. The van der Waals surface area contributed by atoms with Crippen LogP contribution in [0.4, 0.5) is 9.52 Å². The van der Waals surface area contributed by atoms with Gasteiger partial charge in [-0.15, -0.1) is 21.5 Å². The smallest absolute Gasteiger partial charge is 0.269 e. The monoisotopic (exact) mass is 435 g/mol. The van der Waals surface area contributed by atoms with E-state index in [0.29, 0.717) is 30.7 Å². The van der Waals surface area contributed by atoms with E-state index in [9.17, 15) is 9.18 Å². The van der Waals surface area contributed by atoms with Gasteiger partial charge in [-0.3, -0.25) is 10.1 Å². The molecule has 0 saturated carbocycles. The molecule has 4 nitrogen and oxygen atoms in total. The third-order valence-electron chi connectivity index (χ3n) is 3.68. The maximum Gasteiger partial charge on any atom is 0.269 e. The van der Waals surface area contributed by atoms with Crippen molar-refractivity contribution in [3.63, 3.8) is 0 Å². The van der Waals surface area contributed by atoms with Crippen molar-refractivity contribution in [3.05, 3.63) is 69.8 Å². The molecule has 136 valence electrons. The van der Waals surface area contributed by atoms with Crippen LogP contribution in [-0.4, -0.2) is 16.1 Å². The molecule has 0 unspecified atom stereocenters. The van der Waals surface area contributed by atoms with Gasteiger partial charge in [0.1, 0.15) is 10.7 Å². The number of carbonyl (C=O) groups excluding carboxylic acids is 1. The minimum Gasteiger partial charge on any atom is -0.296 e. The van der Waals surface area contributed by atoms with Crippen LogP contribution in [0.3, 0.4) is 0 Å². The Labute approximate surface area is 171 Å². The number of carbonyl (C=O) groups is 1. The van der Waals surface area contributed by atoms with E-state index in [1.807, 2.05) is 24.3 Å². The van der Waals surface area contributed by atoms with E-state index in [0.717, 1.165) is 10.1 Å². The van der Waals surface area contributed by atoms with Crippen molar-refractivity contribution in [3.8, 4) is 0 Å². The summed E-state index contributed by atoms with van der Waals surface area (Å²) >= 11 is 10.3. The van der Waals surface area contributed by atoms with Crippen molar-refractivity contribution in [1.29, 1.82) is 0 Å². The summed E-state index contributed by atoms with van der Waals surface area (Å²) in [6.07, 6.45) is 0. The molecule has 0 aliphatic carbocycles. The number of nitrogens with zero attached hydrogens (tertiary/aromatic N) is 2. The second-order valence-corrected chi connectivity index (χ2v) is 9.08. The zero-order chi connectivity index (χ0) is 18.8. The summed E-state index contributed by atoms with van der Waals surface area (Å²) < 4.78 is 15.3. The van der Waals surface area contributed by atoms with Crippen LogP contribution in [0.25, 0.3) is 10.1 Å². The van der Waals surface area contributed by atoms with E-state index in [1.54, 1.807) is 18.2 Å². The van der Waals surface area contributed by atoms with Gasteiger partial charge in [-0.05, 0) is 17.7 Å². The van der Waals surface area contributed by atoms with E-state index in [-0.39, 0.29) is 11.7 Å². The Bertz CT molecular complexity index is 1130. The number of thiophene rings is 1. The van der Waals surface area contributed by atoms with E-state index in [4.69, 9.17) is 11.6 Å². The molecule has 0 aliphatic rings. The number of aromatic nitrogens is 2. The molecule has 0 fully saturated rings. The molecule has 1 amide bonds. The highest BCUT2D eigenvalue weighted by atomic mass is 35.5. The Morgan fingerprint density at radius 1 is 1.11 bits per heavy atom. The highest BCUT2D eigenvalue weighted by Crippen LogP contribution is 2.36. The maximum absolute atomic E-state index is 13.7. The number of nitrogens with one attached hydrogen (secondary N) is 1. The highest BCUT2D eigenvalue weighted by Gasteiger charge is 2.18. The number of anilines is 1. The molecule has 0 saturated heterocycles. The molecular weight excluding hydrogens is 425 g/mol. The molecule has 2 aromatic carbocycles. The van der Waals surface area contributed by atoms with Gasteiger partial charge in [0.15, 0.2) is 4.34 Å². The summed E-state index contributed by atoms with van der Waals surface area (Å²) in [5, 5.41) is 12.4. The largest absolute Gasteiger partial charge is 0.296 e. The predicted molar refractivity (Wildman–Crippen MR) is 111 cm³/mol. The van der Waals surface area contributed by atoms with Crippen molar-refractivity contribution in [2.45, 2.75) is 10.1 Å². The lowest BCUT2D eigenvalue weighted by Crippen LogP contribution is -2.10. The van der Waals surface area contributed by atoms with Crippen LogP contribution in [0.2, 0.25) is 5.02 Å². The van der Waals surface area contributed by atoms with Gasteiger partial charge in [0.2, 0.25) is 5.13 Å². The second kappa shape index (κ2) is 7.93. The van der Waals surface area contributed by atoms with Gasteiger partial charge in [0.25, 0.3) is 5.91 Å². The van der Waals surface area contributed by atoms with Crippen LogP contribution in [-0.2, 0) is 5.75 Å². The molecule has 4 aromatic rings. The summed E-state index contributed by atoms with van der Waals surface area (Å²) in [7, 11) is 0. The summed E-state index contributed by atoms with van der Waals surface area (Å²) in [6, 6.07) is 14.2. The number of halogens is 2. The standard InChI is InChI=1S/C18H11ClFN3OS3/c19-14-11-6-2-4-8-13(11)26-15(14)16(24)21-17-22-23-18(27-17)25-9-10-5-1-3-7-12(10)20/h1-8H,9H2,(H,21,22,24). The first kappa shape index (κ1) is 18.4. The van der Waals surface area contributed by atoms with Crippen molar-refractivity contribution in [1.82, 2.24) is 10.2 Å². The average Bonchev–Trinajstić information content (AvgIpc) is 3.26. The lowest BCUT2D eigenvalue weighted by molar-refractivity contribution is 0.103. The molecular formula is C18H11ClFN3OS3. The van der Waals surface area contributed by atoms with Crippen LogP contribution in [0, 0.1) is 5.82 Å².